The van der Waals surface area contributed by atoms with Crippen molar-refractivity contribution in [3.63, 3.8) is 0 Å². The minimum absolute atomic E-state index is 0.0428. The van der Waals surface area contributed by atoms with Crippen molar-refractivity contribution in [3.8, 4) is 0 Å². The molecule has 7 nitrogen and oxygen atoms in total. The van der Waals surface area contributed by atoms with E-state index in [9.17, 15) is 13.2 Å². The average Bonchev–Trinajstić information content (AvgIpc) is 2.96. The maximum absolute atomic E-state index is 13.2. The Hall–Kier alpha value is -1.61. The molecule has 1 heterocycles. The summed E-state index contributed by atoms with van der Waals surface area (Å²) in [6.07, 6.45) is 4.15. The van der Waals surface area contributed by atoms with Crippen molar-refractivity contribution in [3.05, 3.63) is 34.3 Å². The molecule has 0 aromatic heterocycles. The van der Waals surface area contributed by atoms with E-state index in [2.05, 4.69) is 25.6 Å². The molecular formula is C21H26BrN3O4S. The number of primary amides is 1. The molecule has 1 aromatic rings. The number of halogens is 1. The van der Waals surface area contributed by atoms with Crippen LogP contribution in [0.2, 0.25) is 0 Å². The largest absolute Gasteiger partial charge is 0.457 e. The van der Waals surface area contributed by atoms with E-state index in [0.29, 0.717) is 17.9 Å². The van der Waals surface area contributed by atoms with Gasteiger partial charge in [-0.25, -0.2) is 8.42 Å². The average molecular weight is 496 g/mol. The van der Waals surface area contributed by atoms with Gasteiger partial charge >= 0.3 is 6.02 Å². The standard InChI is InChI=1S/C21H26BrN3O4S/c1-19(2)16(13-3-5-15(22)6-4-13)30(27,28)25-18(29-19)24-21-9-12-7-14(21)10-20(8-12,11-21)17(23)26/h3-6,12,14,16H,7-11H2,1-2H3,(H2,23,26)(H,24,25)/t12?,14?,16-,20?,21?/m1/s1. The summed E-state index contributed by atoms with van der Waals surface area (Å²) in [5.41, 5.74) is 4.54. The Morgan fingerprint density at radius 1 is 1.23 bits per heavy atom. The molecule has 0 radical (unpaired) electrons. The molecule has 4 bridgehead atoms. The molecule has 4 saturated carbocycles. The van der Waals surface area contributed by atoms with Gasteiger partial charge in [0, 0.05) is 10.0 Å². The fourth-order valence-electron chi connectivity index (χ4n) is 6.71. The highest BCUT2D eigenvalue weighted by Gasteiger charge is 2.67. The maximum Gasteiger partial charge on any atom is 0.301 e. The first kappa shape index (κ1) is 20.3. The summed E-state index contributed by atoms with van der Waals surface area (Å²) in [5, 5.41) is 2.45. The molecule has 0 saturated heterocycles. The van der Waals surface area contributed by atoms with Gasteiger partial charge in [0.05, 0.1) is 5.41 Å². The van der Waals surface area contributed by atoms with Crippen LogP contribution in [0.4, 0.5) is 0 Å². The Morgan fingerprint density at radius 3 is 2.57 bits per heavy atom. The second kappa shape index (κ2) is 6.22. The fraction of sp³-hybridized carbons (Fsp3) is 0.619. The van der Waals surface area contributed by atoms with Gasteiger partial charge in [0.15, 0.2) is 0 Å². The number of carbonyl (C=O) groups is 1. The topological polar surface area (TPSA) is 111 Å². The van der Waals surface area contributed by atoms with Crippen molar-refractivity contribution in [1.29, 1.82) is 0 Å². The zero-order valence-electron chi connectivity index (χ0n) is 17.0. The van der Waals surface area contributed by atoms with Crippen molar-refractivity contribution >= 4 is 37.9 Å². The maximum atomic E-state index is 13.2. The third-order valence-corrected chi connectivity index (χ3v) is 9.96. The summed E-state index contributed by atoms with van der Waals surface area (Å²) in [5.74, 6) is 0.474. The van der Waals surface area contributed by atoms with Crippen molar-refractivity contribution < 1.29 is 17.9 Å². The summed E-state index contributed by atoms with van der Waals surface area (Å²) in [7, 11) is -3.86. The molecule has 162 valence electrons. The van der Waals surface area contributed by atoms with Crippen LogP contribution in [0.3, 0.4) is 0 Å². The van der Waals surface area contributed by atoms with Crippen molar-refractivity contribution in [2.45, 2.75) is 62.3 Å². The molecule has 6 rings (SSSR count). The smallest absolute Gasteiger partial charge is 0.301 e. The van der Waals surface area contributed by atoms with E-state index >= 15 is 0 Å². The highest BCUT2D eigenvalue weighted by molar-refractivity contribution is 9.10. The number of hydrogen-bond donors (Lipinski definition) is 2. The Balaban J connectivity index is 1.47. The third-order valence-electron chi connectivity index (χ3n) is 7.57. The van der Waals surface area contributed by atoms with Crippen LogP contribution >= 0.6 is 15.9 Å². The van der Waals surface area contributed by atoms with E-state index in [1.807, 2.05) is 12.1 Å². The van der Waals surface area contributed by atoms with Crippen LogP contribution < -0.4 is 11.1 Å². The van der Waals surface area contributed by atoms with E-state index in [4.69, 9.17) is 10.5 Å². The minimum atomic E-state index is -3.86. The summed E-state index contributed by atoms with van der Waals surface area (Å²) in [6, 6.07) is 7.22. The molecule has 9 heteroatoms. The Bertz CT molecular complexity index is 1050. The van der Waals surface area contributed by atoms with Gasteiger partial charge in [0.25, 0.3) is 10.0 Å². The number of ether oxygens (including phenoxy) is 1. The van der Waals surface area contributed by atoms with Gasteiger partial charge < -0.3 is 15.8 Å². The molecule has 30 heavy (non-hydrogen) atoms. The second-order valence-electron chi connectivity index (χ2n) is 10.1. The van der Waals surface area contributed by atoms with Crippen molar-refractivity contribution in [2.75, 3.05) is 0 Å². The van der Waals surface area contributed by atoms with Crippen LogP contribution in [0, 0.1) is 17.3 Å². The number of nitrogens with two attached hydrogens (primary N) is 1. The summed E-state index contributed by atoms with van der Waals surface area (Å²) in [4.78, 5) is 12.2. The van der Waals surface area contributed by atoms with Gasteiger partial charge in [0.1, 0.15) is 10.9 Å². The van der Waals surface area contributed by atoms with Crippen LogP contribution in [0.1, 0.15) is 56.8 Å². The van der Waals surface area contributed by atoms with Crippen molar-refractivity contribution in [2.24, 2.45) is 27.4 Å². The SMILES string of the molecule is CC1(C)OC(NC23CC4CC2CC(C(N)=O)(C4)C3)=NS(=O)(=O)[C@@H]1c1ccc(Br)cc1. The number of rotatable bonds is 3. The van der Waals surface area contributed by atoms with E-state index in [1.165, 1.54) is 0 Å². The number of carbonyl (C=O) groups excluding carboxylic acids is 1. The third kappa shape index (κ3) is 2.92. The highest BCUT2D eigenvalue weighted by atomic mass is 79.9. The first-order valence-corrected chi connectivity index (χ1v) is 12.6. The van der Waals surface area contributed by atoms with E-state index in [1.54, 1.807) is 26.0 Å². The number of hydrogen-bond acceptors (Lipinski definition) is 5. The van der Waals surface area contributed by atoms with Crippen LogP contribution in [0.15, 0.2) is 33.1 Å². The van der Waals surface area contributed by atoms with Gasteiger partial charge in [-0.15, -0.1) is 4.40 Å². The lowest BCUT2D eigenvalue weighted by molar-refractivity contribution is -0.130. The van der Waals surface area contributed by atoms with Gasteiger partial charge in [0.2, 0.25) is 5.91 Å². The zero-order valence-corrected chi connectivity index (χ0v) is 19.4. The minimum Gasteiger partial charge on any atom is -0.457 e. The normalized spacial score (nSPS) is 40.0. The number of amidine groups is 1. The van der Waals surface area contributed by atoms with E-state index < -0.39 is 26.3 Å². The predicted molar refractivity (Wildman–Crippen MR) is 116 cm³/mol. The molecule has 0 spiro atoms. The lowest BCUT2D eigenvalue weighted by Gasteiger charge is -2.42. The lowest BCUT2D eigenvalue weighted by Crippen LogP contribution is -2.56. The molecule has 3 N–H and O–H groups in total. The summed E-state index contributed by atoms with van der Waals surface area (Å²) in [6.45, 7) is 3.54. The molecule has 4 unspecified atom stereocenters. The molecule has 5 aliphatic rings. The number of nitrogens with one attached hydrogen (secondary N) is 1. The van der Waals surface area contributed by atoms with Gasteiger partial charge in [-0.3, -0.25) is 4.79 Å². The quantitative estimate of drug-likeness (QED) is 0.669. The Morgan fingerprint density at radius 2 is 1.93 bits per heavy atom. The van der Waals surface area contributed by atoms with Crippen LogP contribution in [-0.2, 0) is 19.6 Å². The number of benzene rings is 1. The molecule has 4 fully saturated rings. The van der Waals surface area contributed by atoms with Crippen LogP contribution in [0.25, 0.3) is 0 Å². The number of amides is 1. The predicted octanol–water partition coefficient (Wildman–Crippen LogP) is 3.01. The molecule has 1 aliphatic heterocycles. The molecule has 1 amide bonds. The van der Waals surface area contributed by atoms with E-state index in [-0.39, 0.29) is 23.4 Å². The van der Waals surface area contributed by atoms with Crippen LogP contribution in [-0.4, -0.2) is 31.5 Å². The van der Waals surface area contributed by atoms with E-state index in [0.717, 1.165) is 30.2 Å². The lowest BCUT2D eigenvalue weighted by atomic mass is 9.68. The molecular weight excluding hydrogens is 470 g/mol. The summed E-state index contributed by atoms with van der Waals surface area (Å²) < 4.78 is 37.5. The Kier molecular flexibility index (Phi) is 4.21. The molecule has 4 aliphatic carbocycles. The van der Waals surface area contributed by atoms with Gasteiger partial charge in [-0.1, -0.05) is 28.1 Å². The summed E-state index contributed by atoms with van der Waals surface area (Å²) >= 11 is 3.38. The monoisotopic (exact) mass is 495 g/mol. The molecule has 1 aromatic carbocycles. The zero-order chi connectivity index (χ0) is 21.5. The first-order chi connectivity index (χ1) is 13.9. The van der Waals surface area contributed by atoms with Crippen LogP contribution in [0.5, 0.6) is 0 Å². The fourth-order valence-corrected chi connectivity index (χ4v) is 8.66. The highest BCUT2D eigenvalue weighted by Crippen LogP contribution is 2.66. The van der Waals surface area contributed by atoms with Gasteiger partial charge in [-0.05, 0) is 75.5 Å². The number of nitrogens with zero attached hydrogens (tertiary/aromatic N) is 1. The number of sulfonamides is 1. The molecule has 5 atom stereocenters. The second-order valence-corrected chi connectivity index (χ2v) is 12.7. The van der Waals surface area contributed by atoms with Gasteiger partial charge in [-0.2, -0.15) is 0 Å². The van der Waals surface area contributed by atoms with Crippen molar-refractivity contribution in [1.82, 2.24) is 5.32 Å². The Labute approximate surface area is 185 Å². The first-order valence-electron chi connectivity index (χ1n) is 10.3.